The van der Waals surface area contributed by atoms with E-state index in [9.17, 15) is 0 Å². The average molecular weight is 689 g/mol. The summed E-state index contributed by atoms with van der Waals surface area (Å²) in [5.41, 5.74) is 9.70. The summed E-state index contributed by atoms with van der Waals surface area (Å²) in [6.45, 7) is 22.2. The van der Waals surface area contributed by atoms with Crippen LogP contribution in [0.1, 0.15) is 115 Å². The van der Waals surface area contributed by atoms with Crippen molar-refractivity contribution < 1.29 is 21.7 Å². The Morgan fingerprint density at radius 2 is 0.667 bits per heavy atom. The van der Waals surface area contributed by atoms with Gasteiger partial charge in [-0.3, -0.25) is 9.98 Å². The Morgan fingerprint density at radius 3 is 0.844 bits per heavy atom. The molecule has 0 N–H and O–H groups in total. The van der Waals surface area contributed by atoms with Gasteiger partial charge in [-0.05, 0) is 129 Å². The molecule has 0 amide bonds. The van der Waals surface area contributed by atoms with Gasteiger partial charge in [0.1, 0.15) is 16.3 Å². The first-order valence-corrected chi connectivity index (χ1v) is 16.1. The molecule has 2 aromatic rings. The number of benzene rings is 2. The van der Waals surface area contributed by atoms with Gasteiger partial charge in [0, 0.05) is 11.4 Å². The van der Waals surface area contributed by atoms with E-state index in [2.05, 4.69) is 122 Å². The maximum atomic E-state index is 5.19. The Labute approximate surface area is 316 Å². The number of hydrogen-bond acceptors (Lipinski definition) is 4. The zero-order valence-electron chi connectivity index (χ0n) is 29.0. The van der Waals surface area contributed by atoms with Crippen molar-refractivity contribution in [1.82, 2.24) is 0 Å². The van der Waals surface area contributed by atoms with E-state index in [1.54, 1.807) is 0 Å². The molecule has 2 aromatic carbocycles. The molecule has 0 unspecified atom stereocenters. The molecule has 2 fully saturated rings. The van der Waals surface area contributed by atoms with Crippen LogP contribution in [0.2, 0.25) is 4.78 Å². The quantitative estimate of drug-likeness (QED) is 0.119. The summed E-state index contributed by atoms with van der Waals surface area (Å²) in [6, 6.07) is 13.2. The van der Waals surface area contributed by atoms with Crippen LogP contribution in [0.5, 0.6) is 0 Å². The molecule has 6 heteroatoms. The summed E-state index contributed by atoms with van der Waals surface area (Å²) in [5.74, 6) is 1.74. The number of thiol groups is 2. The van der Waals surface area contributed by atoms with Crippen LogP contribution < -0.4 is 0 Å². The Morgan fingerprint density at radius 1 is 0.467 bits per heavy atom. The fourth-order valence-electron chi connectivity index (χ4n) is 4.72. The Hall–Kier alpha value is -0.273. The van der Waals surface area contributed by atoms with E-state index >= 15 is 0 Å². The van der Waals surface area contributed by atoms with E-state index in [1.807, 2.05) is 64.2 Å². The van der Waals surface area contributed by atoms with E-state index in [4.69, 9.17) is 9.98 Å². The summed E-state index contributed by atoms with van der Waals surface area (Å²) in [4.78, 5) is 10.4. The van der Waals surface area contributed by atoms with Crippen LogP contribution in [0.25, 0.3) is 0 Å². The molecule has 4 rings (SSSR count). The van der Waals surface area contributed by atoms with Crippen LogP contribution in [0.4, 0.5) is 11.4 Å². The normalized spacial score (nSPS) is 15.4. The Bertz CT molecular complexity index is 993. The third-order valence-electron chi connectivity index (χ3n) is 7.27. The minimum atomic E-state index is 0. The molecule has 2 aliphatic rings. The van der Waals surface area contributed by atoms with Crippen LogP contribution in [0.15, 0.2) is 46.4 Å². The summed E-state index contributed by atoms with van der Waals surface area (Å²) in [7, 11) is 0. The van der Waals surface area contributed by atoms with Gasteiger partial charge in [0.25, 0.3) is 0 Å². The molecular weight excluding hydrogens is 635 g/mol. The summed E-state index contributed by atoms with van der Waals surface area (Å²) in [5, 5.41) is 0. The van der Waals surface area contributed by atoms with Gasteiger partial charge in [-0.2, -0.15) is 0 Å². The maximum Gasteiger partial charge on any atom is 4.00 e. The summed E-state index contributed by atoms with van der Waals surface area (Å²) < 4.78 is 0.0930. The fourth-order valence-corrected chi connectivity index (χ4v) is 4.87. The Kier molecular flexibility index (Phi) is 25.8. The van der Waals surface area contributed by atoms with E-state index in [0.29, 0.717) is 23.7 Å². The van der Waals surface area contributed by atoms with Crippen LogP contribution in [-0.2, 0) is 48.7 Å². The number of aliphatic imine (C=N–C) groups is 2. The van der Waals surface area contributed by atoms with Crippen LogP contribution in [0, 0.1) is 64.2 Å². The van der Waals surface area contributed by atoms with E-state index in [0.717, 1.165) is 22.8 Å². The van der Waals surface area contributed by atoms with E-state index in [1.165, 1.54) is 22.3 Å². The smallest absolute Gasteiger partial charge is 0.813 e. The molecular formula is C39H53AlN2S2Ti+2. The van der Waals surface area contributed by atoms with Crippen molar-refractivity contribution in [1.29, 1.82) is 0 Å². The largest absolute Gasteiger partial charge is 4.00 e. The predicted molar refractivity (Wildman–Crippen MR) is 205 cm³/mol. The molecule has 12 radical (unpaired) electrons. The molecule has 45 heavy (non-hydrogen) atoms. The first-order valence-electron chi connectivity index (χ1n) is 15.4. The molecule has 0 bridgehead atoms. The summed E-state index contributed by atoms with van der Waals surface area (Å²) in [6.07, 6.45) is 20.0. The number of nitrogens with zero attached hydrogens (tertiary/aromatic N) is 2. The number of rotatable bonds is 8. The first-order chi connectivity index (χ1) is 20.0. The van der Waals surface area contributed by atoms with Crippen LogP contribution in [-0.4, -0.2) is 27.7 Å². The van der Waals surface area contributed by atoms with E-state index in [-0.39, 0.29) is 53.5 Å². The molecule has 0 atom stereocenters. The fraction of sp³-hybridized carbons (Fsp3) is 0.385. The molecule has 0 saturated heterocycles. The molecule has 2 saturated carbocycles. The van der Waals surface area contributed by atoms with Crippen molar-refractivity contribution in [3.63, 3.8) is 0 Å². The zero-order valence-corrected chi connectivity index (χ0v) is 33.5. The molecule has 0 aromatic heterocycles. The van der Waals surface area contributed by atoms with Crippen molar-refractivity contribution in [2.45, 2.75) is 97.7 Å². The van der Waals surface area contributed by atoms with Crippen molar-refractivity contribution >= 4 is 66.1 Å². The SMILES string of the molecule is CC(=Nc1c(C(C)C)cccc1C(C)C)[CH]([Al])C(C)=Nc1c(C(C)C)cccc1C(C)C.[CH]1[CH][CH][CH][CH]1.[CH]1[CH][CH][CH][CH]1.[SH-].[SH-].[Ti+4]. The second kappa shape index (κ2) is 24.8. The van der Waals surface area contributed by atoms with Crippen LogP contribution in [0.3, 0.4) is 0 Å². The molecule has 0 spiro atoms. The molecule has 2 aliphatic carbocycles. The van der Waals surface area contributed by atoms with Gasteiger partial charge in [-0.15, -0.1) is 0 Å². The van der Waals surface area contributed by atoms with Gasteiger partial charge in [-0.25, -0.2) is 0 Å². The van der Waals surface area contributed by atoms with Gasteiger partial charge in [0.15, 0.2) is 0 Å². The van der Waals surface area contributed by atoms with Crippen molar-refractivity contribution in [2.75, 3.05) is 0 Å². The second-order valence-electron chi connectivity index (χ2n) is 12.1. The van der Waals surface area contributed by atoms with Crippen molar-refractivity contribution in [3.05, 3.63) is 123 Å². The minimum absolute atomic E-state index is 0. The zero-order chi connectivity index (χ0) is 31.2. The monoisotopic (exact) mass is 688 g/mol. The first kappa shape index (κ1) is 46.8. The second-order valence-corrected chi connectivity index (χ2v) is 12.8. The standard InChI is InChI=1S/C29H41N2.2C5H5.Al.2H2S.Ti/c1-18(2)24-13-11-14-25(19(3)4)28(24)30-22(9)17-23(10)31-29-26(20(5)6)15-12-16-27(29)21(7)8;2*1-2-4-5-3-1;;;;/h11-21H,1-10H3;2*1-5H;;2*1H2;/q;;;;;;+4/p-2. The molecule has 236 valence electrons. The number of hydrogen-bond donors (Lipinski definition) is 0. The minimum Gasteiger partial charge on any atom is -0.813 e. The van der Waals surface area contributed by atoms with Gasteiger partial charge in [0.05, 0.1) is 11.4 Å². The average Bonchev–Trinajstić information content (AvgIpc) is 3.72. The van der Waals surface area contributed by atoms with Crippen molar-refractivity contribution in [3.8, 4) is 0 Å². The maximum absolute atomic E-state index is 5.19. The van der Waals surface area contributed by atoms with Gasteiger partial charge in [0.2, 0.25) is 0 Å². The molecule has 0 aliphatic heterocycles. The predicted octanol–water partition coefficient (Wildman–Crippen LogP) is 10.5. The van der Waals surface area contributed by atoms with E-state index < -0.39 is 0 Å². The number of para-hydroxylation sites is 2. The summed E-state index contributed by atoms with van der Waals surface area (Å²) >= 11 is 2.98. The van der Waals surface area contributed by atoms with Gasteiger partial charge >= 0.3 is 21.7 Å². The molecule has 0 heterocycles. The topological polar surface area (TPSA) is 24.7 Å². The third kappa shape index (κ3) is 15.7. The van der Waals surface area contributed by atoms with Gasteiger partial charge in [-0.1, -0.05) is 91.8 Å². The Balaban J connectivity index is 0. The molecule has 2 nitrogen and oxygen atoms in total. The van der Waals surface area contributed by atoms with Gasteiger partial charge < -0.3 is 27.0 Å². The third-order valence-corrected chi connectivity index (χ3v) is 8.24. The van der Waals surface area contributed by atoms with Crippen molar-refractivity contribution in [2.24, 2.45) is 9.98 Å². The van der Waals surface area contributed by atoms with Crippen LogP contribution >= 0.6 is 0 Å².